The van der Waals surface area contributed by atoms with E-state index in [1.807, 2.05) is 36.1 Å². The molecule has 0 bridgehead atoms. The topological polar surface area (TPSA) is 89.3 Å². The highest BCUT2D eigenvalue weighted by atomic mass is 32.1. The zero-order valence-corrected chi connectivity index (χ0v) is 20.3. The maximum atomic E-state index is 12.8. The molecule has 1 aliphatic heterocycles. The van der Waals surface area contributed by atoms with Crippen molar-refractivity contribution in [3.63, 3.8) is 0 Å². The van der Waals surface area contributed by atoms with Gasteiger partial charge in [0.25, 0.3) is 11.5 Å². The lowest BCUT2D eigenvalue weighted by Gasteiger charge is -2.35. The summed E-state index contributed by atoms with van der Waals surface area (Å²) in [6.45, 7) is 4.22. The lowest BCUT2D eigenvalue weighted by atomic mass is 10.1. The highest BCUT2D eigenvalue weighted by molar-refractivity contribution is 7.19. The van der Waals surface area contributed by atoms with Gasteiger partial charge in [0, 0.05) is 37.8 Å². The quantitative estimate of drug-likeness (QED) is 0.410. The lowest BCUT2D eigenvalue weighted by Crippen LogP contribution is -2.50. The van der Waals surface area contributed by atoms with Crippen LogP contribution in [0.4, 0.5) is 5.82 Å². The number of amides is 1. The summed E-state index contributed by atoms with van der Waals surface area (Å²) in [6.07, 6.45) is 0. The zero-order valence-electron chi connectivity index (χ0n) is 19.5. The monoisotopic (exact) mass is 491 g/mol. The van der Waals surface area contributed by atoms with E-state index in [1.165, 1.54) is 21.9 Å². The lowest BCUT2D eigenvalue weighted by molar-refractivity contribution is -0.133. The number of hydrogen-bond donors (Lipinski definition) is 0. The first-order valence-electron chi connectivity index (χ1n) is 11.3. The van der Waals surface area contributed by atoms with Gasteiger partial charge in [-0.05, 0) is 36.8 Å². The third-order valence-corrected chi connectivity index (χ3v) is 6.93. The minimum absolute atomic E-state index is 0.0274. The normalized spacial score (nSPS) is 13.8. The van der Waals surface area contributed by atoms with Crippen LogP contribution in [0.15, 0.2) is 59.4 Å². The second-order valence-electron chi connectivity index (χ2n) is 8.20. The number of rotatable bonds is 6. The number of methoxy groups -OCH3 is 1. The van der Waals surface area contributed by atoms with Crippen LogP contribution >= 0.6 is 11.3 Å². The van der Waals surface area contributed by atoms with Crippen LogP contribution in [-0.2, 0) is 4.79 Å². The van der Waals surface area contributed by atoms with E-state index >= 15 is 0 Å². The minimum atomic E-state index is -0.215. The summed E-state index contributed by atoms with van der Waals surface area (Å²) in [6, 6.07) is 16.6. The van der Waals surface area contributed by atoms with Gasteiger partial charge in [-0.2, -0.15) is 9.61 Å². The van der Waals surface area contributed by atoms with Crippen molar-refractivity contribution in [1.82, 2.24) is 19.5 Å². The van der Waals surface area contributed by atoms with Gasteiger partial charge in [-0.25, -0.2) is 4.98 Å². The molecule has 180 valence electrons. The number of fused-ring (bicyclic) bond motifs is 1. The number of aromatic nitrogens is 3. The van der Waals surface area contributed by atoms with Crippen LogP contribution < -0.4 is 19.9 Å². The van der Waals surface area contributed by atoms with Gasteiger partial charge in [0.2, 0.25) is 4.96 Å². The van der Waals surface area contributed by atoms with Crippen molar-refractivity contribution in [2.75, 3.05) is 44.8 Å². The number of piperazine rings is 1. The molecule has 2 aromatic carbocycles. The molecular weight excluding hydrogens is 466 g/mol. The van der Waals surface area contributed by atoms with Gasteiger partial charge in [-0.3, -0.25) is 9.59 Å². The predicted octanol–water partition coefficient (Wildman–Crippen LogP) is 2.86. The first-order chi connectivity index (χ1) is 17.0. The standard InChI is InChI=1S/C25H25N5O4S/c1-17-5-3-4-6-20(17)24-27-30-22(31)15-21(26-25(30)35-24)28-11-13-29(14-12-28)23(32)16-34-19-9-7-18(33-2)8-10-19/h3-10,15H,11-14,16H2,1-2H3. The number of carbonyl (C=O) groups is 1. The van der Waals surface area contributed by atoms with Gasteiger partial charge in [-0.1, -0.05) is 35.6 Å². The molecule has 4 aromatic rings. The molecule has 0 spiro atoms. The van der Waals surface area contributed by atoms with Crippen molar-refractivity contribution < 1.29 is 14.3 Å². The number of aryl methyl sites for hydroxylation is 1. The van der Waals surface area contributed by atoms with E-state index < -0.39 is 0 Å². The Hall–Kier alpha value is -3.92. The maximum Gasteiger partial charge on any atom is 0.277 e. The SMILES string of the molecule is COc1ccc(OCC(=O)N2CCN(c3cc(=O)n4nc(-c5ccccc5C)sc4n3)CC2)cc1. The van der Waals surface area contributed by atoms with Crippen molar-refractivity contribution in [2.24, 2.45) is 0 Å². The Balaban J connectivity index is 1.23. The van der Waals surface area contributed by atoms with Crippen LogP contribution in [-0.4, -0.2) is 65.3 Å². The molecule has 10 heteroatoms. The van der Waals surface area contributed by atoms with Crippen molar-refractivity contribution in [1.29, 1.82) is 0 Å². The van der Waals surface area contributed by atoms with E-state index in [-0.39, 0.29) is 18.1 Å². The number of benzene rings is 2. The van der Waals surface area contributed by atoms with Crippen LogP contribution in [0.5, 0.6) is 11.5 Å². The molecule has 1 aliphatic rings. The van der Waals surface area contributed by atoms with E-state index in [0.717, 1.165) is 21.9 Å². The largest absolute Gasteiger partial charge is 0.497 e. The summed E-state index contributed by atoms with van der Waals surface area (Å²) < 4.78 is 12.1. The molecule has 1 amide bonds. The molecule has 0 radical (unpaired) electrons. The molecule has 0 aliphatic carbocycles. The second kappa shape index (κ2) is 9.75. The molecule has 35 heavy (non-hydrogen) atoms. The average Bonchev–Trinajstić information content (AvgIpc) is 3.32. The Morgan fingerprint density at radius 2 is 1.74 bits per heavy atom. The van der Waals surface area contributed by atoms with Crippen LogP contribution in [0.1, 0.15) is 5.56 Å². The summed E-state index contributed by atoms with van der Waals surface area (Å²) in [5.74, 6) is 1.88. The summed E-state index contributed by atoms with van der Waals surface area (Å²) in [7, 11) is 1.60. The number of nitrogens with zero attached hydrogens (tertiary/aromatic N) is 5. The molecule has 1 fully saturated rings. The minimum Gasteiger partial charge on any atom is -0.497 e. The van der Waals surface area contributed by atoms with Gasteiger partial charge in [0.15, 0.2) is 6.61 Å². The molecule has 2 aromatic heterocycles. The first kappa shape index (κ1) is 22.9. The summed E-state index contributed by atoms with van der Waals surface area (Å²) in [5.41, 5.74) is 1.87. The Bertz CT molecular complexity index is 1410. The van der Waals surface area contributed by atoms with Crippen LogP contribution in [0.2, 0.25) is 0 Å². The molecular formula is C25H25N5O4S. The van der Waals surface area contributed by atoms with Crippen molar-refractivity contribution in [2.45, 2.75) is 6.92 Å². The summed E-state index contributed by atoms with van der Waals surface area (Å²) >= 11 is 1.39. The third kappa shape index (κ3) is 4.83. The van der Waals surface area contributed by atoms with E-state index in [9.17, 15) is 9.59 Å². The fraction of sp³-hybridized carbons (Fsp3) is 0.280. The Morgan fingerprint density at radius 3 is 2.46 bits per heavy atom. The van der Waals surface area contributed by atoms with Gasteiger partial charge in [-0.15, -0.1) is 0 Å². The average molecular weight is 492 g/mol. The molecule has 0 unspecified atom stereocenters. The Kier molecular flexibility index (Phi) is 6.37. The van der Waals surface area contributed by atoms with E-state index in [0.29, 0.717) is 42.7 Å². The van der Waals surface area contributed by atoms with Crippen LogP contribution in [0.25, 0.3) is 15.5 Å². The predicted molar refractivity (Wildman–Crippen MR) is 135 cm³/mol. The number of carbonyl (C=O) groups excluding carboxylic acids is 1. The van der Waals surface area contributed by atoms with Gasteiger partial charge in [0.05, 0.1) is 7.11 Å². The maximum absolute atomic E-state index is 12.8. The highest BCUT2D eigenvalue weighted by Gasteiger charge is 2.23. The highest BCUT2D eigenvalue weighted by Crippen LogP contribution is 2.27. The van der Waals surface area contributed by atoms with Gasteiger partial charge in [0.1, 0.15) is 22.3 Å². The molecule has 0 saturated carbocycles. The number of ether oxygens (including phenoxy) is 2. The van der Waals surface area contributed by atoms with Crippen molar-refractivity contribution in [3.05, 3.63) is 70.5 Å². The van der Waals surface area contributed by atoms with Crippen LogP contribution in [0, 0.1) is 6.92 Å². The fourth-order valence-electron chi connectivity index (χ4n) is 3.98. The van der Waals surface area contributed by atoms with E-state index in [1.54, 1.807) is 36.3 Å². The molecule has 9 nitrogen and oxygen atoms in total. The van der Waals surface area contributed by atoms with Crippen LogP contribution in [0.3, 0.4) is 0 Å². The van der Waals surface area contributed by atoms with Gasteiger partial charge >= 0.3 is 0 Å². The van der Waals surface area contributed by atoms with E-state index in [2.05, 4.69) is 5.10 Å². The van der Waals surface area contributed by atoms with Gasteiger partial charge < -0.3 is 19.3 Å². The molecule has 1 saturated heterocycles. The van der Waals surface area contributed by atoms with E-state index in [4.69, 9.17) is 14.5 Å². The molecule has 0 N–H and O–H groups in total. The number of anilines is 1. The molecule has 3 heterocycles. The first-order valence-corrected chi connectivity index (χ1v) is 12.1. The Morgan fingerprint density at radius 1 is 1.03 bits per heavy atom. The Labute approximate surface area is 206 Å². The molecule has 0 atom stereocenters. The van der Waals surface area contributed by atoms with Crippen molar-refractivity contribution in [3.8, 4) is 22.1 Å². The smallest absolute Gasteiger partial charge is 0.277 e. The summed E-state index contributed by atoms with van der Waals surface area (Å²) in [4.78, 5) is 34.4. The molecule has 5 rings (SSSR count). The second-order valence-corrected chi connectivity index (χ2v) is 9.16. The zero-order chi connectivity index (χ0) is 24.4. The summed E-state index contributed by atoms with van der Waals surface area (Å²) in [5, 5.41) is 5.25. The third-order valence-electron chi connectivity index (χ3n) is 5.99. The fourth-order valence-corrected chi connectivity index (χ4v) is 4.97. The van der Waals surface area contributed by atoms with Crippen molar-refractivity contribution >= 4 is 28.0 Å². The number of hydrogen-bond acceptors (Lipinski definition) is 8.